The first-order valence-electron chi connectivity index (χ1n) is 8.12. The maximum absolute atomic E-state index is 8.11. The maximum atomic E-state index is 8.11. The zero-order chi connectivity index (χ0) is 17.7. The van der Waals surface area contributed by atoms with Gasteiger partial charge in [-0.15, -0.1) is 4.91 Å². The Morgan fingerprint density at radius 2 is 0.840 bits per heavy atom. The van der Waals surface area contributed by atoms with E-state index in [-0.39, 0.29) is 0 Å². The van der Waals surface area contributed by atoms with E-state index in [1.54, 1.807) is 0 Å². The molecule has 25 heavy (non-hydrogen) atoms. The monoisotopic (exact) mass is 334 g/mol. The van der Waals surface area contributed by atoms with Crippen molar-refractivity contribution in [2.45, 2.75) is 19.6 Å². The summed E-state index contributed by atoms with van der Waals surface area (Å²) in [5, 5.41) is 7.89. The molecule has 4 heteroatoms. The van der Waals surface area contributed by atoms with Gasteiger partial charge in [-0.05, 0) is 16.7 Å². The molecule has 3 aromatic rings. The summed E-state index contributed by atoms with van der Waals surface area (Å²) < 4.78 is 0. The summed E-state index contributed by atoms with van der Waals surface area (Å²) in [5.74, 6) is 0. The Balaban J connectivity index is 0.000000701. The molecule has 128 valence electrons. The second-order valence-electron chi connectivity index (χ2n) is 5.68. The smallest absolute Gasteiger partial charge is 0.152 e. The van der Waals surface area contributed by atoms with Gasteiger partial charge in [0, 0.05) is 19.6 Å². The highest BCUT2D eigenvalue weighted by Gasteiger charge is 2.08. The van der Waals surface area contributed by atoms with Gasteiger partial charge in [0.05, 0.1) is 0 Å². The van der Waals surface area contributed by atoms with Gasteiger partial charge < -0.3 is 5.21 Å². The highest BCUT2D eigenvalue weighted by Crippen LogP contribution is 2.14. The minimum absolute atomic E-state index is 0.963. The van der Waals surface area contributed by atoms with E-state index in [1.165, 1.54) is 22.0 Å². The van der Waals surface area contributed by atoms with E-state index in [2.05, 4.69) is 95.9 Å². The van der Waals surface area contributed by atoms with Gasteiger partial charge in [-0.25, -0.2) is 0 Å². The molecule has 0 aliphatic rings. The van der Waals surface area contributed by atoms with Crippen molar-refractivity contribution >= 4 is 0 Å². The van der Waals surface area contributed by atoms with E-state index < -0.39 is 0 Å². The third-order valence-electron chi connectivity index (χ3n) is 3.75. The summed E-state index contributed by atoms with van der Waals surface area (Å²) in [6, 6.07) is 32.1. The molecule has 0 aromatic heterocycles. The minimum atomic E-state index is 0.963. The summed E-state index contributed by atoms with van der Waals surface area (Å²) in [6.07, 6.45) is 0. The van der Waals surface area contributed by atoms with Crippen molar-refractivity contribution in [1.29, 1.82) is 0 Å². The van der Waals surface area contributed by atoms with Crippen LogP contribution < -0.4 is 0 Å². The molecule has 1 N–H and O–H groups in total. The van der Waals surface area contributed by atoms with Crippen LogP contribution in [0, 0.1) is 4.91 Å². The fourth-order valence-corrected chi connectivity index (χ4v) is 2.69. The van der Waals surface area contributed by atoms with Gasteiger partial charge in [0.25, 0.3) is 0 Å². The molecule has 0 atom stereocenters. The predicted molar refractivity (Wildman–Crippen MR) is 99.9 cm³/mol. The van der Waals surface area contributed by atoms with Gasteiger partial charge >= 0.3 is 0 Å². The van der Waals surface area contributed by atoms with Crippen molar-refractivity contribution in [3.8, 4) is 0 Å². The van der Waals surface area contributed by atoms with Crippen LogP contribution in [-0.4, -0.2) is 10.1 Å². The van der Waals surface area contributed by atoms with E-state index in [0.717, 1.165) is 19.6 Å². The molecule has 0 heterocycles. The van der Waals surface area contributed by atoms with Crippen LogP contribution in [-0.2, 0) is 19.6 Å². The molecule has 0 saturated carbocycles. The number of nitrogens with zero attached hydrogens (tertiary/aromatic N) is 2. The predicted octanol–water partition coefficient (Wildman–Crippen LogP) is 5.03. The first-order valence-corrected chi connectivity index (χ1v) is 8.12. The SMILES string of the molecule is O=NO.c1ccc(CN(Cc2ccccc2)Cc2ccccc2)cc1. The minimum Gasteiger partial charge on any atom is -0.379 e. The quantitative estimate of drug-likeness (QED) is 0.508. The Morgan fingerprint density at radius 3 is 1.08 bits per heavy atom. The standard InChI is InChI=1S/C21H21N.HNO2/c1-4-10-19(11-5-1)16-22(17-20-12-6-2-7-13-20)18-21-14-8-3-9-15-21;2-1-3/h1-15H,16-18H2;(H,2,3). The van der Waals surface area contributed by atoms with Crippen molar-refractivity contribution < 1.29 is 5.21 Å². The molecule has 0 saturated heterocycles. The van der Waals surface area contributed by atoms with Gasteiger partial charge in [-0.2, -0.15) is 0 Å². The van der Waals surface area contributed by atoms with Gasteiger partial charge in [-0.3, -0.25) is 4.90 Å². The molecular weight excluding hydrogens is 312 g/mol. The normalized spacial score (nSPS) is 9.96. The summed E-state index contributed by atoms with van der Waals surface area (Å²) in [6.45, 7) is 2.89. The van der Waals surface area contributed by atoms with Crippen LogP contribution in [0.3, 0.4) is 0 Å². The highest BCUT2D eigenvalue weighted by molar-refractivity contribution is 5.19. The van der Waals surface area contributed by atoms with Crippen LogP contribution in [0.2, 0.25) is 0 Å². The largest absolute Gasteiger partial charge is 0.379 e. The van der Waals surface area contributed by atoms with Crippen molar-refractivity contribution in [3.63, 3.8) is 0 Å². The number of hydrogen-bond donors (Lipinski definition) is 1. The van der Waals surface area contributed by atoms with E-state index in [0.29, 0.717) is 0 Å². The van der Waals surface area contributed by atoms with Crippen molar-refractivity contribution in [1.82, 2.24) is 4.90 Å². The van der Waals surface area contributed by atoms with Crippen LogP contribution in [0.4, 0.5) is 0 Å². The number of rotatable bonds is 6. The molecule has 0 bridgehead atoms. The Kier molecular flexibility index (Phi) is 7.88. The van der Waals surface area contributed by atoms with Crippen LogP contribution in [0.1, 0.15) is 16.7 Å². The fraction of sp³-hybridized carbons (Fsp3) is 0.143. The van der Waals surface area contributed by atoms with Crippen LogP contribution >= 0.6 is 0 Å². The molecule has 0 aliphatic carbocycles. The fourth-order valence-electron chi connectivity index (χ4n) is 2.69. The molecule has 0 amide bonds. The Morgan fingerprint density at radius 1 is 0.600 bits per heavy atom. The van der Waals surface area contributed by atoms with Gasteiger partial charge in [0.1, 0.15) is 0 Å². The summed E-state index contributed by atoms with van der Waals surface area (Å²) >= 11 is 0. The zero-order valence-electron chi connectivity index (χ0n) is 14.0. The average Bonchev–Trinajstić information content (AvgIpc) is 2.65. The molecule has 3 rings (SSSR count). The summed E-state index contributed by atoms with van der Waals surface area (Å²) in [4.78, 5) is 10.6. The maximum Gasteiger partial charge on any atom is 0.152 e. The second kappa shape index (κ2) is 10.7. The lowest BCUT2D eigenvalue weighted by molar-refractivity contribution is 0.247. The molecule has 0 radical (unpaired) electrons. The highest BCUT2D eigenvalue weighted by atomic mass is 16.6. The summed E-state index contributed by atoms with van der Waals surface area (Å²) in [7, 11) is 0. The lowest BCUT2D eigenvalue weighted by atomic mass is 10.1. The number of hydrogen-bond acceptors (Lipinski definition) is 3. The molecule has 0 aliphatic heterocycles. The second-order valence-corrected chi connectivity index (χ2v) is 5.68. The van der Waals surface area contributed by atoms with Crippen LogP contribution in [0.15, 0.2) is 96.3 Å². The Bertz CT molecular complexity index is 620. The molecule has 3 aromatic carbocycles. The third-order valence-corrected chi connectivity index (χ3v) is 3.75. The molecule has 4 nitrogen and oxygen atoms in total. The third kappa shape index (κ3) is 6.97. The van der Waals surface area contributed by atoms with Crippen LogP contribution in [0.5, 0.6) is 0 Å². The van der Waals surface area contributed by atoms with Gasteiger partial charge in [0.2, 0.25) is 0 Å². The van der Waals surface area contributed by atoms with Crippen molar-refractivity contribution in [3.05, 3.63) is 113 Å². The van der Waals surface area contributed by atoms with Crippen LogP contribution in [0.25, 0.3) is 0 Å². The topological polar surface area (TPSA) is 52.9 Å². The zero-order valence-corrected chi connectivity index (χ0v) is 14.0. The molecule has 0 fully saturated rings. The van der Waals surface area contributed by atoms with E-state index >= 15 is 0 Å². The average molecular weight is 334 g/mol. The first kappa shape index (κ1) is 18.4. The number of benzene rings is 3. The van der Waals surface area contributed by atoms with Crippen molar-refractivity contribution in [2.24, 2.45) is 5.34 Å². The molecular formula is C21H22N2O2. The molecule has 0 unspecified atom stereocenters. The van der Waals surface area contributed by atoms with Gasteiger partial charge in [-0.1, -0.05) is 91.0 Å². The Labute approximate surface area is 148 Å². The van der Waals surface area contributed by atoms with Crippen molar-refractivity contribution in [2.75, 3.05) is 0 Å². The van der Waals surface area contributed by atoms with E-state index in [1.807, 2.05) is 0 Å². The van der Waals surface area contributed by atoms with E-state index in [4.69, 9.17) is 10.1 Å². The first-order chi connectivity index (χ1) is 12.3. The van der Waals surface area contributed by atoms with E-state index in [9.17, 15) is 0 Å². The lowest BCUT2D eigenvalue weighted by Crippen LogP contribution is -2.22. The Hall–Kier alpha value is -2.98. The van der Waals surface area contributed by atoms with Gasteiger partial charge in [0.15, 0.2) is 5.34 Å². The molecule has 0 spiro atoms. The lowest BCUT2D eigenvalue weighted by Gasteiger charge is -2.23. The summed E-state index contributed by atoms with van der Waals surface area (Å²) in [5.41, 5.74) is 4.07.